The first kappa shape index (κ1) is 20.6. The summed E-state index contributed by atoms with van der Waals surface area (Å²) in [6, 6.07) is 10.3. The number of hydrogen-bond donors (Lipinski definition) is 2. The van der Waals surface area contributed by atoms with E-state index in [2.05, 4.69) is 29.2 Å². The number of hydrogen-bond acceptors (Lipinski definition) is 5. The summed E-state index contributed by atoms with van der Waals surface area (Å²) in [5.41, 5.74) is -0.662. The fourth-order valence-electron chi connectivity index (χ4n) is 3.47. The smallest absolute Gasteiger partial charge is 0.273 e. The van der Waals surface area contributed by atoms with Gasteiger partial charge in [-0.2, -0.15) is 0 Å². The highest BCUT2D eigenvalue weighted by molar-refractivity contribution is 5.80. The number of fused-ring (bicyclic) bond motifs is 1. The number of rotatable bonds is 9. The van der Waals surface area contributed by atoms with E-state index in [1.54, 1.807) is 30.5 Å². The molecule has 0 radical (unpaired) electrons. The van der Waals surface area contributed by atoms with Gasteiger partial charge in [-0.3, -0.25) is 24.4 Å². The van der Waals surface area contributed by atoms with Crippen molar-refractivity contribution in [2.24, 2.45) is 0 Å². The lowest BCUT2D eigenvalue weighted by atomic mass is 10.2. The number of aromatic nitrogens is 2. The molecule has 0 aliphatic heterocycles. The van der Waals surface area contributed by atoms with E-state index in [0.29, 0.717) is 17.3 Å². The second-order valence-corrected chi connectivity index (χ2v) is 6.75. The van der Waals surface area contributed by atoms with Crippen molar-refractivity contribution in [3.05, 3.63) is 69.1 Å². The SMILES string of the molecule is CCN(CC)C(CNC(=O)CCn1[nH]c(=O)c2ccccc2c1=O)c1ccco1. The molecule has 2 heterocycles. The summed E-state index contributed by atoms with van der Waals surface area (Å²) in [5, 5.41) is 6.15. The van der Waals surface area contributed by atoms with Gasteiger partial charge in [0.05, 0.1) is 29.6 Å². The van der Waals surface area contributed by atoms with Gasteiger partial charge in [-0.1, -0.05) is 26.0 Å². The van der Waals surface area contributed by atoms with E-state index < -0.39 is 0 Å². The van der Waals surface area contributed by atoms with Gasteiger partial charge in [0, 0.05) is 13.0 Å². The molecular weight excluding hydrogens is 372 g/mol. The van der Waals surface area contributed by atoms with E-state index in [9.17, 15) is 14.4 Å². The number of aromatic amines is 1. The van der Waals surface area contributed by atoms with Crippen molar-refractivity contribution in [3.8, 4) is 0 Å². The minimum absolute atomic E-state index is 0.0628. The first-order chi connectivity index (χ1) is 14.0. The van der Waals surface area contributed by atoms with Crippen LogP contribution in [0, 0.1) is 0 Å². The Morgan fingerprint density at radius 3 is 2.52 bits per heavy atom. The molecule has 1 aromatic carbocycles. The molecule has 0 saturated heterocycles. The van der Waals surface area contributed by atoms with Crippen molar-refractivity contribution in [3.63, 3.8) is 0 Å². The molecule has 2 N–H and O–H groups in total. The van der Waals surface area contributed by atoms with Crippen LogP contribution in [0.5, 0.6) is 0 Å². The average molecular weight is 398 g/mol. The number of furan rings is 1. The zero-order chi connectivity index (χ0) is 20.8. The quantitative estimate of drug-likeness (QED) is 0.573. The van der Waals surface area contributed by atoms with Gasteiger partial charge >= 0.3 is 0 Å². The minimum Gasteiger partial charge on any atom is -0.468 e. The molecule has 0 saturated carbocycles. The third-order valence-electron chi connectivity index (χ3n) is 5.06. The molecule has 0 aliphatic carbocycles. The molecular formula is C21H26N4O4. The summed E-state index contributed by atoms with van der Waals surface area (Å²) in [6.45, 7) is 6.27. The normalized spacial score (nSPS) is 12.4. The number of carbonyl (C=O) groups is 1. The van der Waals surface area contributed by atoms with Crippen LogP contribution in [0.3, 0.4) is 0 Å². The minimum atomic E-state index is -0.347. The topological polar surface area (TPSA) is 100 Å². The van der Waals surface area contributed by atoms with Crippen LogP contribution in [0.2, 0.25) is 0 Å². The third kappa shape index (κ3) is 4.65. The maximum absolute atomic E-state index is 12.5. The van der Waals surface area contributed by atoms with Crippen molar-refractivity contribution in [2.45, 2.75) is 32.9 Å². The highest BCUT2D eigenvalue weighted by atomic mass is 16.3. The second-order valence-electron chi connectivity index (χ2n) is 6.75. The number of amides is 1. The van der Waals surface area contributed by atoms with Crippen LogP contribution in [0.25, 0.3) is 10.8 Å². The molecule has 0 bridgehead atoms. The monoisotopic (exact) mass is 398 g/mol. The fourth-order valence-corrected chi connectivity index (χ4v) is 3.47. The number of benzene rings is 1. The van der Waals surface area contributed by atoms with Gasteiger partial charge in [0.25, 0.3) is 11.1 Å². The maximum Gasteiger partial charge on any atom is 0.273 e. The number of nitrogens with zero attached hydrogens (tertiary/aromatic N) is 2. The van der Waals surface area contributed by atoms with E-state index in [1.165, 1.54) is 4.68 Å². The molecule has 0 fully saturated rings. The Kier molecular flexibility index (Phi) is 6.66. The lowest BCUT2D eigenvalue weighted by Crippen LogP contribution is -2.38. The van der Waals surface area contributed by atoms with Gasteiger partial charge in [0.15, 0.2) is 0 Å². The van der Waals surface area contributed by atoms with E-state index >= 15 is 0 Å². The molecule has 2 aromatic heterocycles. The lowest BCUT2D eigenvalue weighted by molar-refractivity contribution is -0.121. The predicted octanol–water partition coefficient (Wildman–Crippen LogP) is 1.87. The third-order valence-corrected chi connectivity index (χ3v) is 5.06. The second kappa shape index (κ2) is 9.38. The standard InChI is InChI=1S/C21H26N4O4/c1-3-24(4-2)17(18-10-7-13-29-18)14-22-19(26)11-12-25-21(28)16-9-6-5-8-15(16)20(27)23-25/h5-10,13,17H,3-4,11-12,14H2,1-2H3,(H,22,26)(H,23,27). The fraction of sp³-hybridized carbons (Fsp3) is 0.381. The Morgan fingerprint density at radius 1 is 1.14 bits per heavy atom. The van der Waals surface area contributed by atoms with Gasteiger partial charge in [0.2, 0.25) is 5.91 Å². The lowest BCUT2D eigenvalue weighted by Gasteiger charge is -2.28. The summed E-state index contributed by atoms with van der Waals surface area (Å²) in [6.07, 6.45) is 1.70. The molecule has 0 aliphatic rings. The van der Waals surface area contributed by atoms with Crippen molar-refractivity contribution >= 4 is 16.7 Å². The molecule has 1 unspecified atom stereocenters. The van der Waals surface area contributed by atoms with Crippen LogP contribution in [-0.4, -0.2) is 40.2 Å². The summed E-state index contributed by atoms with van der Waals surface area (Å²) in [4.78, 5) is 39.3. The highest BCUT2D eigenvalue weighted by Crippen LogP contribution is 2.20. The summed E-state index contributed by atoms with van der Waals surface area (Å²) >= 11 is 0. The van der Waals surface area contributed by atoms with E-state index in [0.717, 1.165) is 18.8 Å². The number of nitrogens with one attached hydrogen (secondary N) is 2. The van der Waals surface area contributed by atoms with Gasteiger partial charge in [-0.15, -0.1) is 0 Å². The van der Waals surface area contributed by atoms with E-state index in [-0.39, 0.29) is 36.0 Å². The average Bonchev–Trinajstić information content (AvgIpc) is 3.27. The summed E-state index contributed by atoms with van der Waals surface area (Å²) < 4.78 is 6.73. The zero-order valence-corrected chi connectivity index (χ0v) is 16.7. The van der Waals surface area contributed by atoms with Crippen LogP contribution in [0.4, 0.5) is 0 Å². The molecule has 0 spiro atoms. The van der Waals surface area contributed by atoms with Crippen molar-refractivity contribution in [1.29, 1.82) is 0 Å². The van der Waals surface area contributed by atoms with Crippen molar-refractivity contribution in [2.75, 3.05) is 19.6 Å². The molecule has 8 nitrogen and oxygen atoms in total. The molecule has 8 heteroatoms. The Balaban J connectivity index is 1.65. The zero-order valence-electron chi connectivity index (χ0n) is 16.7. The molecule has 3 aromatic rings. The van der Waals surface area contributed by atoms with Crippen molar-refractivity contribution in [1.82, 2.24) is 20.0 Å². The van der Waals surface area contributed by atoms with Crippen LogP contribution in [-0.2, 0) is 11.3 Å². The Hall–Kier alpha value is -3.13. The van der Waals surface area contributed by atoms with Crippen LogP contribution in [0.15, 0.2) is 56.7 Å². The molecule has 154 valence electrons. The van der Waals surface area contributed by atoms with Crippen LogP contribution < -0.4 is 16.4 Å². The number of H-pyrrole nitrogens is 1. The van der Waals surface area contributed by atoms with Gasteiger partial charge in [0.1, 0.15) is 5.76 Å². The first-order valence-electron chi connectivity index (χ1n) is 9.81. The molecule has 29 heavy (non-hydrogen) atoms. The number of carbonyl (C=O) groups excluding carboxylic acids is 1. The molecule has 1 atom stereocenters. The van der Waals surface area contributed by atoms with E-state index in [1.807, 2.05) is 12.1 Å². The number of likely N-dealkylation sites (N-methyl/N-ethyl adjacent to an activating group) is 1. The van der Waals surface area contributed by atoms with Gasteiger partial charge in [-0.05, 0) is 37.4 Å². The van der Waals surface area contributed by atoms with Crippen LogP contribution in [0.1, 0.15) is 32.1 Å². The van der Waals surface area contributed by atoms with E-state index in [4.69, 9.17) is 4.42 Å². The Bertz CT molecular complexity index is 1060. The largest absolute Gasteiger partial charge is 0.468 e. The molecule has 1 amide bonds. The van der Waals surface area contributed by atoms with Gasteiger partial charge < -0.3 is 9.73 Å². The first-order valence-corrected chi connectivity index (χ1v) is 9.81. The maximum atomic E-state index is 12.5. The van der Waals surface area contributed by atoms with Gasteiger partial charge in [-0.25, -0.2) is 4.68 Å². The highest BCUT2D eigenvalue weighted by Gasteiger charge is 2.21. The van der Waals surface area contributed by atoms with Crippen LogP contribution >= 0.6 is 0 Å². The predicted molar refractivity (Wildman–Crippen MR) is 111 cm³/mol. The Morgan fingerprint density at radius 2 is 1.86 bits per heavy atom. The summed E-state index contributed by atoms with van der Waals surface area (Å²) in [5.74, 6) is 0.596. The molecule has 3 rings (SSSR count). The Labute approximate surface area is 168 Å². The number of aryl methyl sites for hydroxylation is 1. The van der Waals surface area contributed by atoms with Crippen molar-refractivity contribution < 1.29 is 9.21 Å². The summed E-state index contributed by atoms with van der Waals surface area (Å²) in [7, 11) is 0.